The normalized spacial score (nSPS) is 14.8. The molecule has 104 valence electrons. The molecule has 0 amide bonds. The van der Waals surface area contributed by atoms with Gasteiger partial charge < -0.3 is 19.3 Å². The van der Waals surface area contributed by atoms with Crippen LogP contribution in [0.4, 0.5) is 0 Å². The molecule has 1 aromatic rings. The molecule has 1 N–H and O–H groups in total. The summed E-state index contributed by atoms with van der Waals surface area (Å²) in [5.41, 5.74) is 0.716. The molecule has 1 aliphatic heterocycles. The summed E-state index contributed by atoms with van der Waals surface area (Å²) in [7, 11) is 0. The molecule has 5 nitrogen and oxygen atoms in total. The number of aliphatic hydroxyl groups excluding tert-OH is 1. The third-order valence-corrected chi connectivity index (χ3v) is 2.88. The predicted molar refractivity (Wildman–Crippen MR) is 68.3 cm³/mol. The number of esters is 1. The summed E-state index contributed by atoms with van der Waals surface area (Å²) in [5.74, 6) is 1.03. The Morgan fingerprint density at radius 3 is 2.84 bits per heavy atom. The molecule has 2 rings (SSSR count). The highest BCUT2D eigenvalue weighted by molar-refractivity contribution is 5.69. The van der Waals surface area contributed by atoms with Gasteiger partial charge in [-0.05, 0) is 31.0 Å². The standard InChI is InChI=1S/C14H18O5/c1-2-17-14(16)6-4-11(15)10-3-5-12-13(9-10)19-8-7-18-12/h3,5,9,11,15H,2,4,6-8H2,1H3. The molecule has 0 radical (unpaired) electrons. The van der Waals surface area contributed by atoms with E-state index in [1.807, 2.05) is 0 Å². The lowest BCUT2D eigenvalue weighted by Crippen LogP contribution is -2.15. The van der Waals surface area contributed by atoms with Crippen molar-refractivity contribution in [2.24, 2.45) is 0 Å². The van der Waals surface area contributed by atoms with Crippen LogP contribution in [0.5, 0.6) is 11.5 Å². The molecular weight excluding hydrogens is 248 g/mol. The Kier molecular flexibility index (Phi) is 4.63. The molecule has 1 heterocycles. The maximum absolute atomic E-state index is 11.2. The Morgan fingerprint density at radius 1 is 1.37 bits per heavy atom. The Hall–Kier alpha value is -1.75. The van der Waals surface area contributed by atoms with Crippen LogP contribution in [0.15, 0.2) is 18.2 Å². The molecule has 0 aromatic heterocycles. The van der Waals surface area contributed by atoms with Crippen molar-refractivity contribution < 1.29 is 24.1 Å². The van der Waals surface area contributed by atoms with Crippen LogP contribution in [0, 0.1) is 0 Å². The molecule has 0 fully saturated rings. The average molecular weight is 266 g/mol. The summed E-state index contributed by atoms with van der Waals surface area (Å²) >= 11 is 0. The van der Waals surface area contributed by atoms with Crippen LogP contribution in [0.3, 0.4) is 0 Å². The Bertz CT molecular complexity index is 443. The molecule has 0 spiro atoms. The number of carbonyl (C=O) groups excluding carboxylic acids is 1. The Morgan fingerprint density at radius 2 is 2.11 bits per heavy atom. The Balaban J connectivity index is 1.95. The number of carbonyl (C=O) groups is 1. The van der Waals surface area contributed by atoms with E-state index in [2.05, 4.69) is 0 Å². The van der Waals surface area contributed by atoms with Crippen LogP contribution in [-0.4, -0.2) is 30.9 Å². The van der Waals surface area contributed by atoms with Crippen LogP contribution >= 0.6 is 0 Å². The molecule has 0 aliphatic carbocycles. The molecule has 0 saturated carbocycles. The van der Waals surface area contributed by atoms with Crippen molar-refractivity contribution in [2.75, 3.05) is 19.8 Å². The molecule has 1 aliphatic rings. The highest BCUT2D eigenvalue weighted by Gasteiger charge is 2.16. The first-order chi connectivity index (χ1) is 9.20. The molecule has 0 bridgehead atoms. The van der Waals surface area contributed by atoms with E-state index in [0.29, 0.717) is 43.3 Å². The van der Waals surface area contributed by atoms with Gasteiger partial charge in [-0.25, -0.2) is 0 Å². The first kappa shape index (κ1) is 13.7. The largest absolute Gasteiger partial charge is 0.486 e. The van der Waals surface area contributed by atoms with E-state index < -0.39 is 6.10 Å². The van der Waals surface area contributed by atoms with Gasteiger partial charge in [-0.3, -0.25) is 4.79 Å². The minimum Gasteiger partial charge on any atom is -0.486 e. The molecule has 5 heteroatoms. The van der Waals surface area contributed by atoms with Gasteiger partial charge in [-0.15, -0.1) is 0 Å². The summed E-state index contributed by atoms with van der Waals surface area (Å²) in [6.45, 7) is 3.17. The van der Waals surface area contributed by atoms with Gasteiger partial charge in [-0.2, -0.15) is 0 Å². The lowest BCUT2D eigenvalue weighted by molar-refractivity contribution is -0.143. The van der Waals surface area contributed by atoms with Gasteiger partial charge in [0.15, 0.2) is 11.5 Å². The van der Waals surface area contributed by atoms with E-state index in [9.17, 15) is 9.90 Å². The first-order valence-electron chi connectivity index (χ1n) is 6.44. The molecule has 0 saturated heterocycles. The van der Waals surface area contributed by atoms with E-state index in [-0.39, 0.29) is 12.4 Å². The summed E-state index contributed by atoms with van der Waals surface area (Å²) in [6, 6.07) is 5.31. The minimum absolute atomic E-state index is 0.198. The highest BCUT2D eigenvalue weighted by Crippen LogP contribution is 2.33. The fraction of sp³-hybridized carbons (Fsp3) is 0.500. The zero-order valence-corrected chi connectivity index (χ0v) is 10.9. The summed E-state index contributed by atoms with van der Waals surface area (Å²) in [4.78, 5) is 11.2. The lowest BCUT2D eigenvalue weighted by atomic mass is 10.0. The molecule has 1 atom stereocenters. The van der Waals surface area contributed by atoms with Crippen LogP contribution in [-0.2, 0) is 9.53 Å². The van der Waals surface area contributed by atoms with Gasteiger partial charge in [-0.1, -0.05) is 6.07 Å². The van der Waals surface area contributed by atoms with Crippen molar-refractivity contribution in [3.8, 4) is 11.5 Å². The topological polar surface area (TPSA) is 65.0 Å². The predicted octanol–water partition coefficient (Wildman–Crippen LogP) is 1.83. The fourth-order valence-electron chi connectivity index (χ4n) is 1.92. The average Bonchev–Trinajstić information content (AvgIpc) is 2.44. The summed E-state index contributed by atoms with van der Waals surface area (Å²) in [6.07, 6.45) is -0.178. The van der Waals surface area contributed by atoms with E-state index in [1.54, 1.807) is 25.1 Å². The van der Waals surface area contributed by atoms with Crippen LogP contribution in [0.2, 0.25) is 0 Å². The Labute approximate surface area is 112 Å². The van der Waals surface area contributed by atoms with Crippen LogP contribution < -0.4 is 9.47 Å². The number of benzene rings is 1. The van der Waals surface area contributed by atoms with Crippen molar-refractivity contribution in [3.05, 3.63) is 23.8 Å². The molecule has 19 heavy (non-hydrogen) atoms. The quantitative estimate of drug-likeness (QED) is 0.824. The molecule has 1 aromatic carbocycles. The zero-order chi connectivity index (χ0) is 13.7. The third kappa shape index (κ3) is 3.61. The van der Waals surface area contributed by atoms with Gasteiger partial charge in [0.05, 0.1) is 12.7 Å². The second-order valence-electron chi connectivity index (χ2n) is 4.26. The smallest absolute Gasteiger partial charge is 0.305 e. The van der Waals surface area contributed by atoms with Gasteiger partial charge >= 0.3 is 5.97 Å². The number of rotatable bonds is 5. The number of hydrogen-bond donors (Lipinski definition) is 1. The number of hydrogen-bond acceptors (Lipinski definition) is 5. The van der Waals surface area contributed by atoms with Crippen molar-refractivity contribution in [3.63, 3.8) is 0 Å². The van der Waals surface area contributed by atoms with Crippen molar-refractivity contribution in [2.45, 2.75) is 25.9 Å². The molecular formula is C14H18O5. The van der Waals surface area contributed by atoms with Gasteiger partial charge in [0.25, 0.3) is 0 Å². The van der Waals surface area contributed by atoms with Crippen molar-refractivity contribution >= 4 is 5.97 Å². The number of aliphatic hydroxyl groups is 1. The number of fused-ring (bicyclic) bond motifs is 1. The highest BCUT2D eigenvalue weighted by atomic mass is 16.6. The molecule has 1 unspecified atom stereocenters. The lowest BCUT2D eigenvalue weighted by Gasteiger charge is -2.20. The van der Waals surface area contributed by atoms with Gasteiger partial charge in [0.2, 0.25) is 0 Å². The van der Waals surface area contributed by atoms with E-state index in [0.717, 1.165) is 0 Å². The van der Waals surface area contributed by atoms with E-state index in [4.69, 9.17) is 14.2 Å². The maximum Gasteiger partial charge on any atom is 0.305 e. The minimum atomic E-state index is -0.708. The van der Waals surface area contributed by atoms with E-state index >= 15 is 0 Å². The second-order valence-corrected chi connectivity index (χ2v) is 4.26. The first-order valence-corrected chi connectivity index (χ1v) is 6.44. The zero-order valence-electron chi connectivity index (χ0n) is 10.9. The summed E-state index contributed by atoms with van der Waals surface area (Å²) in [5, 5.41) is 10.0. The SMILES string of the molecule is CCOC(=O)CCC(O)c1ccc2c(c1)OCCO2. The van der Waals surface area contributed by atoms with Crippen molar-refractivity contribution in [1.82, 2.24) is 0 Å². The van der Waals surface area contributed by atoms with Crippen LogP contribution in [0.25, 0.3) is 0 Å². The van der Waals surface area contributed by atoms with Gasteiger partial charge in [0, 0.05) is 6.42 Å². The fourth-order valence-corrected chi connectivity index (χ4v) is 1.92. The van der Waals surface area contributed by atoms with Crippen molar-refractivity contribution in [1.29, 1.82) is 0 Å². The number of ether oxygens (including phenoxy) is 3. The third-order valence-electron chi connectivity index (χ3n) is 2.88. The maximum atomic E-state index is 11.2. The van der Waals surface area contributed by atoms with E-state index in [1.165, 1.54) is 0 Å². The second kappa shape index (κ2) is 6.43. The summed E-state index contributed by atoms with van der Waals surface area (Å²) < 4.78 is 15.7. The van der Waals surface area contributed by atoms with Gasteiger partial charge in [0.1, 0.15) is 13.2 Å². The van der Waals surface area contributed by atoms with Crippen LogP contribution in [0.1, 0.15) is 31.4 Å². The monoisotopic (exact) mass is 266 g/mol.